The average Bonchev–Trinajstić information content (AvgIpc) is 2.26. The Morgan fingerprint density at radius 3 is 2.47 bits per heavy atom. The third kappa shape index (κ3) is 3.76. The molecule has 3 N–H and O–H groups in total. The number of oxime groups is 1. The van der Waals surface area contributed by atoms with Crippen molar-refractivity contribution >= 4 is 18.2 Å². The Morgan fingerprint density at radius 1 is 1.40 bits per heavy atom. The molecule has 0 atom stereocenters. The van der Waals surface area contributed by atoms with Gasteiger partial charge in [0.1, 0.15) is 0 Å². The van der Waals surface area contributed by atoms with Crippen molar-refractivity contribution in [2.24, 2.45) is 16.0 Å². The number of rotatable bonds is 3. The second kappa shape index (κ2) is 6.53. The van der Waals surface area contributed by atoms with Gasteiger partial charge in [0, 0.05) is 10.5 Å². The Balaban J connectivity index is 0.00000196. The molecule has 0 bridgehead atoms. The molecule has 0 spiro atoms. The first-order valence-electron chi connectivity index (χ1n) is 3.85. The largest absolute Gasteiger partial charge is 0.409 e. The van der Waals surface area contributed by atoms with Gasteiger partial charge in [-0.2, -0.15) is 0 Å². The highest BCUT2D eigenvalue weighted by atomic mass is 35.5. The molecular weight excluding hydrogens is 218 g/mol. The van der Waals surface area contributed by atoms with Gasteiger partial charge in [0.2, 0.25) is 0 Å². The van der Waals surface area contributed by atoms with Crippen LogP contribution in [0, 0.1) is 0 Å². The fraction of sp³-hybridized carbons (Fsp3) is 0.125. The summed E-state index contributed by atoms with van der Waals surface area (Å²) in [5, 5.41) is 14.7. The number of azide groups is 1. The van der Waals surface area contributed by atoms with E-state index in [1.807, 2.05) is 0 Å². The number of amidine groups is 1. The van der Waals surface area contributed by atoms with Gasteiger partial charge < -0.3 is 10.9 Å². The third-order valence-corrected chi connectivity index (χ3v) is 1.67. The van der Waals surface area contributed by atoms with E-state index < -0.39 is 0 Å². The van der Waals surface area contributed by atoms with Crippen molar-refractivity contribution in [2.45, 2.75) is 6.54 Å². The summed E-state index contributed by atoms with van der Waals surface area (Å²) in [4.78, 5) is 2.64. The number of nitrogens with two attached hydrogens (primary N) is 1. The van der Waals surface area contributed by atoms with Crippen LogP contribution < -0.4 is 5.73 Å². The second-order valence-corrected chi connectivity index (χ2v) is 2.57. The SMILES string of the molecule is Cl.[N-]=[N+]=NCc1ccc(/C(N)=N/O)cc1. The zero-order chi connectivity index (χ0) is 10.4. The lowest BCUT2D eigenvalue weighted by atomic mass is 10.1. The van der Waals surface area contributed by atoms with Crippen LogP contribution in [0.3, 0.4) is 0 Å². The van der Waals surface area contributed by atoms with Crippen molar-refractivity contribution in [3.8, 4) is 0 Å². The molecule has 0 saturated carbocycles. The van der Waals surface area contributed by atoms with E-state index in [1.165, 1.54) is 0 Å². The highest BCUT2D eigenvalue weighted by molar-refractivity contribution is 5.96. The molecule has 7 heteroatoms. The van der Waals surface area contributed by atoms with Crippen LogP contribution in [0.4, 0.5) is 0 Å². The maximum Gasteiger partial charge on any atom is 0.170 e. The van der Waals surface area contributed by atoms with Crippen molar-refractivity contribution in [3.63, 3.8) is 0 Å². The van der Waals surface area contributed by atoms with Gasteiger partial charge in [-0.25, -0.2) is 0 Å². The standard InChI is InChI=1S/C8H9N5O.ClH/c9-8(12-14)7-3-1-6(2-4-7)5-11-13-10;/h1-4,14H,5H2,(H2,9,12);1H. The second-order valence-electron chi connectivity index (χ2n) is 2.57. The number of halogens is 1. The maximum absolute atomic E-state index is 8.40. The van der Waals surface area contributed by atoms with Crippen LogP contribution in [0.25, 0.3) is 10.4 Å². The molecule has 15 heavy (non-hydrogen) atoms. The van der Waals surface area contributed by atoms with Crippen LogP contribution in [0.5, 0.6) is 0 Å². The molecule has 80 valence electrons. The maximum atomic E-state index is 8.40. The first-order valence-corrected chi connectivity index (χ1v) is 3.85. The van der Waals surface area contributed by atoms with Crippen molar-refractivity contribution in [1.82, 2.24) is 0 Å². The summed E-state index contributed by atoms with van der Waals surface area (Å²) >= 11 is 0. The van der Waals surface area contributed by atoms with E-state index in [0.717, 1.165) is 5.56 Å². The van der Waals surface area contributed by atoms with E-state index in [9.17, 15) is 0 Å². The smallest absolute Gasteiger partial charge is 0.170 e. The highest BCUT2D eigenvalue weighted by Crippen LogP contribution is 2.05. The quantitative estimate of drug-likeness (QED) is 0.157. The minimum absolute atomic E-state index is 0. The molecule has 1 aromatic carbocycles. The van der Waals surface area contributed by atoms with Crippen LogP contribution in [0.2, 0.25) is 0 Å². The van der Waals surface area contributed by atoms with E-state index in [0.29, 0.717) is 12.1 Å². The molecule has 6 nitrogen and oxygen atoms in total. The lowest BCUT2D eigenvalue weighted by Gasteiger charge is -1.99. The van der Waals surface area contributed by atoms with Gasteiger partial charge in [-0.3, -0.25) is 0 Å². The molecule has 0 aliphatic heterocycles. The molecule has 0 unspecified atom stereocenters. The molecule has 1 aromatic rings. The van der Waals surface area contributed by atoms with Gasteiger partial charge in [-0.05, 0) is 11.1 Å². The van der Waals surface area contributed by atoms with Crippen LogP contribution in [-0.2, 0) is 6.54 Å². The van der Waals surface area contributed by atoms with Gasteiger partial charge in [-0.15, -0.1) is 12.4 Å². The Kier molecular flexibility index (Phi) is 5.70. The van der Waals surface area contributed by atoms with E-state index in [1.54, 1.807) is 24.3 Å². The molecule has 0 radical (unpaired) electrons. The van der Waals surface area contributed by atoms with Crippen molar-refractivity contribution < 1.29 is 5.21 Å². The fourth-order valence-electron chi connectivity index (χ4n) is 0.952. The summed E-state index contributed by atoms with van der Waals surface area (Å²) in [5.41, 5.74) is 15.0. The van der Waals surface area contributed by atoms with Crippen molar-refractivity contribution in [1.29, 1.82) is 0 Å². The molecule has 0 fully saturated rings. The number of hydrogen-bond acceptors (Lipinski definition) is 3. The molecular formula is C8H10ClN5O. The van der Waals surface area contributed by atoms with Gasteiger partial charge in [0.15, 0.2) is 5.84 Å². The predicted octanol–water partition coefficient (Wildman–Crippen LogP) is 2.01. The predicted molar refractivity (Wildman–Crippen MR) is 59.1 cm³/mol. The normalized spacial score (nSPS) is 10.0. The lowest BCUT2D eigenvalue weighted by molar-refractivity contribution is 0.318. The minimum atomic E-state index is 0. The summed E-state index contributed by atoms with van der Waals surface area (Å²) in [5.74, 6) is 0.0559. The van der Waals surface area contributed by atoms with Gasteiger partial charge in [0.05, 0.1) is 6.54 Å². The van der Waals surface area contributed by atoms with Gasteiger partial charge in [-0.1, -0.05) is 34.5 Å². The summed E-state index contributed by atoms with van der Waals surface area (Å²) in [7, 11) is 0. The van der Waals surface area contributed by atoms with Crippen LogP contribution in [-0.4, -0.2) is 11.0 Å². The van der Waals surface area contributed by atoms with Crippen molar-refractivity contribution in [3.05, 3.63) is 45.8 Å². The highest BCUT2D eigenvalue weighted by Gasteiger charge is 1.97. The van der Waals surface area contributed by atoms with Crippen LogP contribution >= 0.6 is 12.4 Å². The molecule has 0 aliphatic carbocycles. The topological polar surface area (TPSA) is 107 Å². The third-order valence-electron chi connectivity index (χ3n) is 1.67. The first-order chi connectivity index (χ1) is 6.77. The molecule has 0 saturated heterocycles. The van der Waals surface area contributed by atoms with E-state index in [2.05, 4.69) is 15.2 Å². The van der Waals surface area contributed by atoms with Crippen LogP contribution in [0.15, 0.2) is 34.5 Å². The van der Waals surface area contributed by atoms with Crippen molar-refractivity contribution in [2.75, 3.05) is 0 Å². The number of hydrogen-bond donors (Lipinski definition) is 2. The monoisotopic (exact) mass is 227 g/mol. The molecule has 0 aliphatic rings. The zero-order valence-electron chi connectivity index (χ0n) is 7.74. The summed E-state index contributed by atoms with van der Waals surface area (Å²) in [6, 6.07) is 6.89. The summed E-state index contributed by atoms with van der Waals surface area (Å²) in [6.45, 7) is 0.299. The Labute approximate surface area is 92.4 Å². The fourth-order valence-corrected chi connectivity index (χ4v) is 0.952. The Bertz CT molecular complexity index is 383. The van der Waals surface area contributed by atoms with E-state index in [-0.39, 0.29) is 18.2 Å². The van der Waals surface area contributed by atoms with Gasteiger partial charge in [0.25, 0.3) is 0 Å². The lowest BCUT2D eigenvalue weighted by Crippen LogP contribution is -2.12. The summed E-state index contributed by atoms with van der Waals surface area (Å²) in [6.07, 6.45) is 0. The summed E-state index contributed by atoms with van der Waals surface area (Å²) < 4.78 is 0. The zero-order valence-corrected chi connectivity index (χ0v) is 8.55. The van der Waals surface area contributed by atoms with E-state index >= 15 is 0 Å². The number of benzene rings is 1. The molecule has 0 aromatic heterocycles. The molecule has 1 rings (SSSR count). The van der Waals surface area contributed by atoms with E-state index in [4.69, 9.17) is 16.5 Å². The molecule has 0 heterocycles. The minimum Gasteiger partial charge on any atom is -0.409 e. The Hall–Kier alpha value is -1.91. The number of nitrogens with zero attached hydrogens (tertiary/aromatic N) is 4. The first kappa shape index (κ1) is 13.1. The molecule has 0 amide bonds. The van der Waals surface area contributed by atoms with Crippen LogP contribution in [0.1, 0.15) is 11.1 Å². The van der Waals surface area contributed by atoms with Gasteiger partial charge >= 0.3 is 0 Å². The Morgan fingerprint density at radius 2 is 2.00 bits per heavy atom. The average molecular weight is 228 g/mol.